The molecular formula is C3H7ClN4. The van der Waals surface area contributed by atoms with E-state index in [0.29, 0.717) is 0 Å². The molecule has 1 aliphatic heterocycles. The zero-order valence-electron chi connectivity index (χ0n) is 4.13. The van der Waals surface area contributed by atoms with E-state index in [1.165, 1.54) is 5.23 Å². The van der Waals surface area contributed by atoms with Gasteiger partial charge in [-0.05, 0) is 6.08 Å². The van der Waals surface area contributed by atoms with Crippen molar-refractivity contribution in [3.63, 3.8) is 0 Å². The van der Waals surface area contributed by atoms with Crippen molar-refractivity contribution in [3.05, 3.63) is 12.3 Å². The highest BCUT2D eigenvalue weighted by molar-refractivity contribution is 6.21. The van der Waals surface area contributed by atoms with Crippen LogP contribution in [0.4, 0.5) is 0 Å². The van der Waals surface area contributed by atoms with Crippen LogP contribution in [0.15, 0.2) is 12.3 Å². The van der Waals surface area contributed by atoms with E-state index in [1.807, 2.05) is 0 Å². The van der Waals surface area contributed by atoms with E-state index in [2.05, 4.69) is 10.9 Å². The van der Waals surface area contributed by atoms with Crippen molar-refractivity contribution in [2.75, 3.05) is 0 Å². The van der Waals surface area contributed by atoms with Crippen LogP contribution in [-0.2, 0) is 0 Å². The summed E-state index contributed by atoms with van der Waals surface area (Å²) in [5.74, 6) is 5.20. The first-order chi connectivity index (χ1) is 3.79. The summed E-state index contributed by atoms with van der Waals surface area (Å²) in [7, 11) is 0. The molecule has 0 aliphatic carbocycles. The Bertz CT molecular complexity index is 103. The van der Waals surface area contributed by atoms with Crippen molar-refractivity contribution < 1.29 is 0 Å². The van der Waals surface area contributed by atoms with Crippen molar-refractivity contribution in [2.24, 2.45) is 5.84 Å². The minimum absolute atomic E-state index is 0.207. The molecule has 0 saturated carbocycles. The zero-order valence-corrected chi connectivity index (χ0v) is 4.89. The molecule has 0 spiro atoms. The Morgan fingerprint density at radius 3 is 2.88 bits per heavy atom. The monoisotopic (exact) mass is 134 g/mol. The highest BCUT2D eigenvalue weighted by Gasteiger charge is 2.05. The molecule has 8 heavy (non-hydrogen) atoms. The number of alkyl halides is 1. The molecule has 0 aromatic carbocycles. The van der Waals surface area contributed by atoms with E-state index in [-0.39, 0.29) is 5.50 Å². The summed E-state index contributed by atoms with van der Waals surface area (Å²) in [5.41, 5.74) is 5.10. The lowest BCUT2D eigenvalue weighted by molar-refractivity contribution is 0.132. The number of nitrogens with one attached hydrogen (secondary N) is 2. The molecule has 0 aromatic rings. The second kappa shape index (κ2) is 2.32. The molecule has 1 heterocycles. The van der Waals surface area contributed by atoms with E-state index >= 15 is 0 Å². The first-order valence-corrected chi connectivity index (χ1v) is 2.60. The number of nitrogens with zero attached hydrogens (tertiary/aromatic N) is 1. The number of hydrogen-bond donors (Lipinski definition) is 3. The van der Waals surface area contributed by atoms with Crippen molar-refractivity contribution in [3.8, 4) is 0 Å². The SMILES string of the molecule is NN1NC=CC(Cl)N1. The Kier molecular flexibility index (Phi) is 1.69. The van der Waals surface area contributed by atoms with Gasteiger partial charge in [0, 0.05) is 6.20 Å². The summed E-state index contributed by atoms with van der Waals surface area (Å²) in [6.45, 7) is 0. The largest absolute Gasteiger partial charge is 0.299 e. The molecule has 1 aliphatic rings. The second-order valence-electron chi connectivity index (χ2n) is 1.39. The average molecular weight is 135 g/mol. The van der Waals surface area contributed by atoms with Crippen LogP contribution in [0.25, 0.3) is 0 Å². The van der Waals surface area contributed by atoms with Crippen molar-refractivity contribution >= 4 is 11.6 Å². The Morgan fingerprint density at radius 2 is 2.50 bits per heavy atom. The van der Waals surface area contributed by atoms with Crippen molar-refractivity contribution in [2.45, 2.75) is 5.50 Å². The lowest BCUT2D eigenvalue weighted by Gasteiger charge is -2.22. The minimum Gasteiger partial charge on any atom is -0.299 e. The Balaban J connectivity index is 2.42. The van der Waals surface area contributed by atoms with Gasteiger partial charge in [0.15, 0.2) is 0 Å². The highest BCUT2D eigenvalue weighted by atomic mass is 35.5. The standard InChI is InChI=1S/C3H7ClN4/c4-3-1-2-6-8(5)7-3/h1-3,6-7H,5H2. The Hall–Kier alpha value is -0.290. The number of hydrogen-bond acceptors (Lipinski definition) is 4. The fourth-order valence-corrected chi connectivity index (χ4v) is 0.599. The van der Waals surface area contributed by atoms with Gasteiger partial charge in [-0.1, -0.05) is 16.8 Å². The topological polar surface area (TPSA) is 53.3 Å². The van der Waals surface area contributed by atoms with Crippen LogP contribution in [0.5, 0.6) is 0 Å². The number of nitrogens with two attached hydrogens (primary N) is 1. The van der Waals surface area contributed by atoms with Gasteiger partial charge in [-0.3, -0.25) is 5.43 Å². The predicted molar refractivity (Wildman–Crippen MR) is 31.1 cm³/mol. The maximum atomic E-state index is 5.55. The van der Waals surface area contributed by atoms with E-state index < -0.39 is 0 Å². The first-order valence-electron chi connectivity index (χ1n) is 2.17. The third-order valence-electron chi connectivity index (χ3n) is 0.741. The predicted octanol–water partition coefficient (Wildman–Crippen LogP) is -0.737. The zero-order chi connectivity index (χ0) is 5.98. The summed E-state index contributed by atoms with van der Waals surface area (Å²) in [6.07, 6.45) is 3.40. The quantitative estimate of drug-likeness (QED) is 0.232. The molecule has 0 amide bonds. The maximum absolute atomic E-state index is 5.55. The third-order valence-corrected chi connectivity index (χ3v) is 0.984. The lowest BCUT2D eigenvalue weighted by atomic mass is 10.6. The van der Waals surface area contributed by atoms with Gasteiger partial charge in [-0.25, -0.2) is 11.3 Å². The fraction of sp³-hybridized carbons (Fsp3) is 0.333. The van der Waals surface area contributed by atoms with Gasteiger partial charge in [0.25, 0.3) is 0 Å². The number of rotatable bonds is 0. The van der Waals surface area contributed by atoms with Crippen molar-refractivity contribution in [1.82, 2.24) is 16.1 Å². The van der Waals surface area contributed by atoms with Crippen molar-refractivity contribution in [1.29, 1.82) is 0 Å². The molecule has 1 unspecified atom stereocenters. The summed E-state index contributed by atoms with van der Waals surface area (Å²) in [5, 5.41) is 1.19. The molecule has 0 radical (unpaired) electrons. The molecule has 46 valence electrons. The number of halogens is 1. The van der Waals surface area contributed by atoms with Crippen LogP contribution in [0.1, 0.15) is 0 Å². The van der Waals surface area contributed by atoms with Crippen LogP contribution >= 0.6 is 11.6 Å². The fourth-order valence-electron chi connectivity index (χ4n) is 0.421. The Labute approximate surface area is 52.2 Å². The van der Waals surface area contributed by atoms with E-state index in [1.54, 1.807) is 12.3 Å². The maximum Gasteiger partial charge on any atom is 0.119 e. The molecule has 0 aromatic heterocycles. The second-order valence-corrected chi connectivity index (χ2v) is 1.86. The third kappa shape index (κ3) is 1.34. The molecule has 1 atom stereocenters. The summed E-state index contributed by atoms with van der Waals surface area (Å²) < 4.78 is 0. The van der Waals surface area contributed by atoms with Crippen LogP contribution in [0.3, 0.4) is 0 Å². The molecular weight excluding hydrogens is 128 g/mol. The minimum atomic E-state index is -0.207. The first kappa shape index (κ1) is 5.84. The molecule has 5 heteroatoms. The van der Waals surface area contributed by atoms with Crippen LogP contribution in [0, 0.1) is 0 Å². The van der Waals surface area contributed by atoms with Gasteiger partial charge in [0.2, 0.25) is 0 Å². The molecule has 0 saturated heterocycles. The normalized spacial score (nSPS) is 30.0. The highest BCUT2D eigenvalue weighted by Crippen LogP contribution is 1.94. The van der Waals surface area contributed by atoms with Gasteiger partial charge in [-0.15, -0.1) is 0 Å². The van der Waals surface area contributed by atoms with E-state index in [9.17, 15) is 0 Å². The number of hydrazine groups is 3. The summed E-state index contributed by atoms with van der Waals surface area (Å²) in [6, 6.07) is 0. The Morgan fingerprint density at radius 1 is 1.75 bits per heavy atom. The van der Waals surface area contributed by atoms with Gasteiger partial charge < -0.3 is 0 Å². The lowest BCUT2D eigenvalue weighted by Crippen LogP contribution is -2.55. The van der Waals surface area contributed by atoms with Crippen LogP contribution < -0.4 is 16.7 Å². The molecule has 0 bridgehead atoms. The van der Waals surface area contributed by atoms with E-state index in [0.717, 1.165) is 0 Å². The average Bonchev–Trinajstić information content (AvgIpc) is 1.64. The smallest absolute Gasteiger partial charge is 0.119 e. The summed E-state index contributed by atoms with van der Waals surface area (Å²) >= 11 is 5.55. The molecule has 1 rings (SSSR count). The molecule has 0 fully saturated rings. The van der Waals surface area contributed by atoms with Gasteiger partial charge in [0.1, 0.15) is 5.50 Å². The summed E-state index contributed by atoms with van der Waals surface area (Å²) in [4.78, 5) is 0. The molecule has 4 N–H and O–H groups in total. The van der Waals surface area contributed by atoms with Crippen LogP contribution in [-0.4, -0.2) is 10.7 Å². The van der Waals surface area contributed by atoms with Gasteiger partial charge >= 0.3 is 0 Å². The van der Waals surface area contributed by atoms with Gasteiger partial charge in [-0.2, -0.15) is 0 Å². The van der Waals surface area contributed by atoms with Crippen LogP contribution in [0.2, 0.25) is 0 Å². The van der Waals surface area contributed by atoms with Gasteiger partial charge in [0.05, 0.1) is 0 Å². The molecule has 4 nitrogen and oxygen atoms in total. The van der Waals surface area contributed by atoms with E-state index in [4.69, 9.17) is 17.4 Å².